The molecule has 2 aromatic carbocycles. The summed E-state index contributed by atoms with van der Waals surface area (Å²) in [5, 5.41) is 26.4. The number of nitrogens with one attached hydrogen (secondary N) is 1. The molecule has 2 unspecified atom stereocenters. The zero-order valence-corrected chi connectivity index (χ0v) is 19.6. The van der Waals surface area contributed by atoms with E-state index in [-0.39, 0.29) is 11.4 Å². The topological polar surface area (TPSA) is 109 Å². The molecule has 8 nitrogen and oxygen atoms in total. The van der Waals surface area contributed by atoms with Crippen molar-refractivity contribution in [2.45, 2.75) is 45.3 Å². The average molecular weight is 513 g/mol. The van der Waals surface area contributed by atoms with Crippen LogP contribution in [0.15, 0.2) is 47.3 Å². The molecule has 2 atom stereocenters. The van der Waals surface area contributed by atoms with Crippen molar-refractivity contribution in [1.82, 2.24) is 19.7 Å². The second kappa shape index (κ2) is 10.6. The van der Waals surface area contributed by atoms with Crippen molar-refractivity contribution in [2.24, 2.45) is 0 Å². The summed E-state index contributed by atoms with van der Waals surface area (Å²) >= 11 is 5.87. The highest BCUT2D eigenvalue weighted by molar-refractivity contribution is 6.30. The van der Waals surface area contributed by atoms with Gasteiger partial charge >= 0.3 is 11.9 Å². The summed E-state index contributed by atoms with van der Waals surface area (Å²) in [4.78, 5) is 25.6. The predicted molar refractivity (Wildman–Crippen MR) is 123 cm³/mol. The maximum absolute atomic E-state index is 13.0. The Hall–Kier alpha value is -3.15. The SMILES string of the molecule is Cc1cccc(C(CO)NC(=O)Cn2nc(-c3ccc(Cl)cc3)n(CC(O)C(F)(F)F)c2=O)c1C. The maximum Gasteiger partial charge on any atom is 0.416 e. The Balaban J connectivity index is 1.91. The van der Waals surface area contributed by atoms with E-state index in [0.29, 0.717) is 19.8 Å². The zero-order chi connectivity index (χ0) is 25.9. The third-order valence-electron chi connectivity index (χ3n) is 5.59. The first-order valence-electron chi connectivity index (χ1n) is 10.6. The lowest BCUT2D eigenvalue weighted by atomic mass is 9.98. The van der Waals surface area contributed by atoms with Crippen LogP contribution in [0.25, 0.3) is 11.4 Å². The molecule has 0 bridgehead atoms. The van der Waals surface area contributed by atoms with Gasteiger partial charge in [0.05, 0.1) is 19.2 Å². The first-order chi connectivity index (χ1) is 16.4. The molecule has 35 heavy (non-hydrogen) atoms. The van der Waals surface area contributed by atoms with Crippen LogP contribution in [0.4, 0.5) is 13.2 Å². The van der Waals surface area contributed by atoms with Crippen LogP contribution in [-0.4, -0.2) is 49.4 Å². The molecule has 0 saturated carbocycles. The van der Waals surface area contributed by atoms with E-state index in [1.165, 1.54) is 24.3 Å². The molecule has 0 saturated heterocycles. The number of rotatable bonds is 8. The standard InChI is InChI=1S/C23H24ClF3N4O4/c1-13-4-3-5-17(14(13)2)18(12-32)28-20(34)11-31-22(35)30(10-19(33)23(25,26)27)21(29-31)15-6-8-16(24)9-7-15/h3-9,18-19,32-33H,10-12H2,1-2H3,(H,28,34). The van der Waals surface area contributed by atoms with Gasteiger partial charge in [0.2, 0.25) is 5.91 Å². The third-order valence-corrected chi connectivity index (χ3v) is 5.84. The number of aliphatic hydroxyl groups excluding tert-OH is 2. The molecule has 3 aromatic rings. The van der Waals surface area contributed by atoms with Crippen molar-refractivity contribution in [2.75, 3.05) is 6.61 Å². The van der Waals surface area contributed by atoms with Crippen LogP contribution < -0.4 is 11.0 Å². The Morgan fingerprint density at radius 1 is 1.17 bits per heavy atom. The number of nitrogens with zero attached hydrogens (tertiary/aromatic N) is 3. The molecule has 3 N–H and O–H groups in total. The number of carbonyl (C=O) groups is 1. The van der Waals surface area contributed by atoms with E-state index in [2.05, 4.69) is 10.4 Å². The van der Waals surface area contributed by atoms with Gasteiger partial charge in [-0.1, -0.05) is 29.8 Å². The molecule has 0 radical (unpaired) electrons. The molecule has 3 rings (SSSR count). The van der Waals surface area contributed by atoms with Crippen LogP contribution in [0, 0.1) is 13.8 Å². The normalized spacial score (nSPS) is 13.5. The fourth-order valence-electron chi connectivity index (χ4n) is 3.55. The Morgan fingerprint density at radius 3 is 2.43 bits per heavy atom. The van der Waals surface area contributed by atoms with Gasteiger partial charge in [-0.25, -0.2) is 9.48 Å². The summed E-state index contributed by atoms with van der Waals surface area (Å²) < 4.78 is 40.3. The Labute approximate surface area is 203 Å². The van der Waals surface area contributed by atoms with Crippen molar-refractivity contribution in [3.05, 3.63) is 74.7 Å². The lowest BCUT2D eigenvalue weighted by Crippen LogP contribution is -2.39. The van der Waals surface area contributed by atoms with Crippen LogP contribution in [0.3, 0.4) is 0 Å². The van der Waals surface area contributed by atoms with Gasteiger partial charge in [0, 0.05) is 10.6 Å². The molecule has 1 aromatic heterocycles. The Morgan fingerprint density at radius 2 is 1.83 bits per heavy atom. The number of hydrogen-bond acceptors (Lipinski definition) is 5. The number of halogens is 4. The van der Waals surface area contributed by atoms with E-state index in [0.717, 1.165) is 11.1 Å². The average Bonchev–Trinajstić information content (AvgIpc) is 3.09. The summed E-state index contributed by atoms with van der Waals surface area (Å²) in [5.41, 5.74) is 1.78. The number of aliphatic hydroxyl groups is 2. The van der Waals surface area contributed by atoms with E-state index < -0.39 is 49.6 Å². The summed E-state index contributed by atoms with van der Waals surface area (Å²) in [7, 11) is 0. The fourth-order valence-corrected chi connectivity index (χ4v) is 3.67. The molecule has 0 aliphatic heterocycles. The molecular weight excluding hydrogens is 489 g/mol. The van der Waals surface area contributed by atoms with Gasteiger partial charge in [0.15, 0.2) is 11.9 Å². The van der Waals surface area contributed by atoms with E-state index in [4.69, 9.17) is 11.6 Å². The van der Waals surface area contributed by atoms with Crippen molar-refractivity contribution >= 4 is 17.5 Å². The summed E-state index contributed by atoms with van der Waals surface area (Å²) in [6, 6.07) is 10.5. The van der Waals surface area contributed by atoms with Crippen molar-refractivity contribution < 1.29 is 28.2 Å². The van der Waals surface area contributed by atoms with E-state index in [1.54, 1.807) is 12.1 Å². The first kappa shape index (κ1) is 26.5. The van der Waals surface area contributed by atoms with Gasteiger partial charge in [0.25, 0.3) is 0 Å². The molecule has 1 heterocycles. The second-order valence-corrected chi connectivity index (χ2v) is 8.47. The minimum absolute atomic E-state index is 0.170. The Kier molecular flexibility index (Phi) is 8.04. The summed E-state index contributed by atoms with van der Waals surface area (Å²) in [6.45, 7) is 1.59. The molecule has 0 spiro atoms. The zero-order valence-electron chi connectivity index (χ0n) is 18.9. The van der Waals surface area contributed by atoms with Gasteiger partial charge in [-0.15, -0.1) is 5.10 Å². The van der Waals surface area contributed by atoms with E-state index in [9.17, 15) is 33.0 Å². The molecule has 12 heteroatoms. The molecule has 188 valence electrons. The highest BCUT2D eigenvalue weighted by Crippen LogP contribution is 2.24. The number of alkyl halides is 3. The molecular formula is C23H24ClF3N4O4. The lowest BCUT2D eigenvalue weighted by molar-refractivity contribution is -0.207. The largest absolute Gasteiger partial charge is 0.416 e. The number of amides is 1. The molecule has 1 amide bonds. The van der Waals surface area contributed by atoms with Crippen LogP contribution >= 0.6 is 11.6 Å². The lowest BCUT2D eigenvalue weighted by Gasteiger charge is -2.19. The minimum Gasteiger partial charge on any atom is -0.394 e. The predicted octanol–water partition coefficient (Wildman–Crippen LogP) is 2.76. The summed E-state index contributed by atoms with van der Waals surface area (Å²) in [5.74, 6) is -0.855. The van der Waals surface area contributed by atoms with Crippen LogP contribution in [0.5, 0.6) is 0 Å². The number of aryl methyl sites for hydroxylation is 1. The van der Waals surface area contributed by atoms with Crippen LogP contribution in [0.1, 0.15) is 22.7 Å². The van der Waals surface area contributed by atoms with Gasteiger partial charge in [0.1, 0.15) is 6.54 Å². The molecule has 0 aliphatic carbocycles. The monoisotopic (exact) mass is 512 g/mol. The van der Waals surface area contributed by atoms with E-state index >= 15 is 0 Å². The first-order valence-corrected chi connectivity index (χ1v) is 10.9. The highest BCUT2D eigenvalue weighted by atomic mass is 35.5. The van der Waals surface area contributed by atoms with E-state index in [1.807, 2.05) is 19.9 Å². The Bertz CT molecular complexity index is 1260. The molecule has 0 fully saturated rings. The van der Waals surface area contributed by atoms with Gasteiger partial charge in [-0.2, -0.15) is 13.2 Å². The fraction of sp³-hybridized carbons (Fsp3) is 0.348. The number of aromatic nitrogens is 3. The summed E-state index contributed by atoms with van der Waals surface area (Å²) in [6.07, 6.45) is -7.78. The number of benzene rings is 2. The van der Waals surface area contributed by atoms with Crippen molar-refractivity contribution in [1.29, 1.82) is 0 Å². The number of carbonyl (C=O) groups excluding carboxylic acids is 1. The van der Waals surface area contributed by atoms with Gasteiger partial charge in [-0.3, -0.25) is 9.36 Å². The second-order valence-electron chi connectivity index (χ2n) is 8.03. The minimum atomic E-state index is -4.96. The highest BCUT2D eigenvalue weighted by Gasteiger charge is 2.39. The van der Waals surface area contributed by atoms with Crippen molar-refractivity contribution in [3.8, 4) is 11.4 Å². The molecule has 0 aliphatic rings. The maximum atomic E-state index is 13.0. The quantitative estimate of drug-likeness (QED) is 0.430. The van der Waals surface area contributed by atoms with Crippen LogP contribution in [0.2, 0.25) is 5.02 Å². The van der Waals surface area contributed by atoms with Crippen molar-refractivity contribution in [3.63, 3.8) is 0 Å². The number of hydrogen-bond donors (Lipinski definition) is 3. The van der Waals surface area contributed by atoms with Crippen LogP contribution in [-0.2, 0) is 17.9 Å². The van der Waals surface area contributed by atoms with Gasteiger partial charge < -0.3 is 15.5 Å². The van der Waals surface area contributed by atoms with Gasteiger partial charge in [-0.05, 0) is 54.8 Å². The third kappa shape index (κ3) is 6.11. The smallest absolute Gasteiger partial charge is 0.394 e.